The number of aromatic nitrogens is 6. The van der Waals surface area contributed by atoms with Crippen molar-refractivity contribution in [2.75, 3.05) is 37.0 Å². The fourth-order valence-corrected chi connectivity index (χ4v) is 4.55. The van der Waals surface area contributed by atoms with E-state index in [9.17, 15) is 4.79 Å². The molecule has 0 amide bonds. The molecule has 0 atom stereocenters. The Kier molecular flexibility index (Phi) is 13.5. The van der Waals surface area contributed by atoms with E-state index in [-0.39, 0.29) is 11.7 Å². The Morgan fingerprint density at radius 1 is 0.800 bits per heavy atom. The van der Waals surface area contributed by atoms with Gasteiger partial charge in [-0.3, -0.25) is 9.79 Å². The highest BCUT2D eigenvalue weighted by Crippen LogP contribution is 2.27. The first-order valence-electron chi connectivity index (χ1n) is 15.7. The van der Waals surface area contributed by atoms with Gasteiger partial charge in [-0.15, -0.1) is 20.4 Å². The Hall–Kier alpha value is -6.19. The van der Waals surface area contributed by atoms with Crippen LogP contribution in [0.15, 0.2) is 106 Å². The molecule has 2 aromatic heterocycles. The quantitative estimate of drug-likeness (QED) is 0.114. The molecule has 0 fully saturated rings. The largest absolute Gasteiger partial charge is 0.416 e. The van der Waals surface area contributed by atoms with Gasteiger partial charge in [0.25, 0.3) is 0 Å². The predicted octanol–water partition coefficient (Wildman–Crippen LogP) is 7.38. The number of carbonyl (C=O) groups excluding carboxylic acids is 1. The van der Waals surface area contributed by atoms with Gasteiger partial charge in [0.1, 0.15) is 0 Å². The summed E-state index contributed by atoms with van der Waals surface area (Å²) in [4.78, 5) is 18.7. The molecule has 254 valence electrons. The smallest absolute Gasteiger partial charge is 0.248 e. The minimum Gasteiger partial charge on any atom is -0.416 e. The molecular weight excluding hydrogens is 652 g/mol. The summed E-state index contributed by atoms with van der Waals surface area (Å²) < 4.78 is 5.77. The molecule has 1 N–H and O–H groups in total. The van der Waals surface area contributed by atoms with Gasteiger partial charge in [-0.1, -0.05) is 12.1 Å². The van der Waals surface area contributed by atoms with Gasteiger partial charge < -0.3 is 14.2 Å². The maximum absolute atomic E-state index is 10.5. The average Bonchev–Trinajstić information content (AvgIpc) is 3.89. The molecule has 12 nitrogen and oxygen atoms in total. The predicted molar refractivity (Wildman–Crippen MR) is 198 cm³/mol. The molecule has 0 radical (unpaired) electrons. The number of carbonyl (C=O) groups is 1. The number of anilines is 2. The van der Waals surface area contributed by atoms with Crippen LogP contribution in [0.3, 0.4) is 0 Å². The number of halogens is 1. The van der Waals surface area contributed by atoms with Crippen LogP contribution >= 0.6 is 11.6 Å². The zero-order chi connectivity index (χ0) is 35.9. The Balaban J connectivity index is 0.000000180. The second-order valence-electron chi connectivity index (χ2n) is 10.8. The van der Waals surface area contributed by atoms with Gasteiger partial charge in [0.05, 0.1) is 17.3 Å². The van der Waals surface area contributed by atoms with E-state index in [1.54, 1.807) is 24.3 Å². The molecule has 0 bridgehead atoms. The topological polar surface area (TPSA) is 153 Å². The van der Waals surface area contributed by atoms with Gasteiger partial charge >= 0.3 is 0 Å². The zero-order valence-electron chi connectivity index (χ0n) is 28.3. The Morgan fingerprint density at radius 3 is 1.72 bits per heavy atom. The number of nitrogens with one attached hydrogen (secondary N) is 1. The van der Waals surface area contributed by atoms with Crippen LogP contribution in [0, 0.1) is 11.3 Å². The van der Waals surface area contributed by atoms with Crippen molar-refractivity contribution in [1.82, 2.24) is 30.8 Å². The van der Waals surface area contributed by atoms with E-state index in [2.05, 4.69) is 92.4 Å². The van der Waals surface area contributed by atoms with Crippen LogP contribution in [-0.4, -0.2) is 70.0 Å². The molecule has 0 spiro atoms. The second-order valence-corrected chi connectivity index (χ2v) is 11.2. The van der Waals surface area contributed by atoms with Gasteiger partial charge in [-0.2, -0.15) is 10.5 Å². The summed E-state index contributed by atoms with van der Waals surface area (Å²) in [5.74, 6) is 1.63. The Labute approximate surface area is 296 Å². The van der Waals surface area contributed by atoms with Crippen LogP contribution in [-0.2, 0) is 11.2 Å². The van der Waals surface area contributed by atoms with Crippen molar-refractivity contribution in [3.63, 3.8) is 0 Å². The minimum absolute atomic E-state index is 0.216. The first-order valence-corrected chi connectivity index (χ1v) is 16.1. The highest BCUT2D eigenvalue weighted by molar-refractivity contribution is 6.63. The number of aromatic amines is 1. The molecule has 0 unspecified atom stereocenters. The second kappa shape index (κ2) is 18.4. The van der Waals surface area contributed by atoms with Crippen molar-refractivity contribution in [3.05, 3.63) is 108 Å². The van der Waals surface area contributed by atoms with E-state index in [0.717, 1.165) is 46.7 Å². The fourth-order valence-electron chi connectivity index (χ4n) is 4.40. The molecule has 4 aromatic carbocycles. The molecule has 0 aliphatic carbocycles. The third-order valence-electron chi connectivity index (χ3n) is 7.56. The van der Waals surface area contributed by atoms with Gasteiger partial charge in [0.15, 0.2) is 0 Å². The van der Waals surface area contributed by atoms with Crippen molar-refractivity contribution in [2.24, 2.45) is 4.99 Å². The normalized spacial score (nSPS) is 10.1. The first kappa shape index (κ1) is 36.6. The molecule has 6 rings (SSSR count). The number of tetrazole rings is 1. The molecular formula is C37H37ClN10O2. The molecule has 0 aliphatic rings. The first-order chi connectivity index (χ1) is 24.2. The van der Waals surface area contributed by atoms with E-state index < -0.39 is 0 Å². The number of hydrogen-bond donors (Lipinski definition) is 1. The van der Waals surface area contributed by atoms with Crippen LogP contribution in [0.1, 0.15) is 25.0 Å². The van der Waals surface area contributed by atoms with Gasteiger partial charge in [-0.05, 0) is 128 Å². The van der Waals surface area contributed by atoms with Crippen molar-refractivity contribution in [1.29, 1.82) is 5.26 Å². The standard InChI is InChI=1S/C18H18N4O.C10H13N5.C9H6ClNO/c1-4-22(3)16-11-7-14(8-12-16)18-21-20-17(23-18)13-5-9-15(19-2)10-6-13;1-3-15(2)9-6-4-8(5-7-9)10-11-13-14-12-10;10-9(12)5-7-1-3-8(6-11)4-2-7/h5-12H,2,4H2,1,3H3;4-7H,3H2,1-2H3,(H,11,12,13,14);1-4H,5H2. The monoisotopic (exact) mass is 688 g/mol. The minimum atomic E-state index is -0.389. The molecule has 0 saturated heterocycles. The number of benzene rings is 4. The fraction of sp³-hybridized carbons (Fsp3) is 0.189. The molecule has 6 aromatic rings. The molecule has 0 saturated carbocycles. The third kappa shape index (κ3) is 10.4. The summed E-state index contributed by atoms with van der Waals surface area (Å²) in [6.45, 7) is 9.68. The van der Waals surface area contributed by atoms with Crippen LogP contribution in [0.5, 0.6) is 0 Å². The van der Waals surface area contributed by atoms with Gasteiger partial charge in [-0.25, -0.2) is 0 Å². The lowest BCUT2D eigenvalue weighted by atomic mass is 10.1. The average molecular weight is 689 g/mol. The van der Waals surface area contributed by atoms with Gasteiger partial charge in [0, 0.05) is 61.7 Å². The number of hydrogen-bond acceptors (Lipinski definition) is 11. The van der Waals surface area contributed by atoms with Crippen molar-refractivity contribution in [3.8, 4) is 40.4 Å². The van der Waals surface area contributed by atoms with Crippen LogP contribution in [0.4, 0.5) is 17.1 Å². The highest BCUT2D eigenvalue weighted by Gasteiger charge is 2.11. The van der Waals surface area contributed by atoms with Crippen LogP contribution in [0.2, 0.25) is 0 Å². The Bertz CT molecular complexity index is 1970. The summed E-state index contributed by atoms with van der Waals surface area (Å²) in [7, 11) is 4.12. The number of H-pyrrole nitrogens is 1. The van der Waals surface area contributed by atoms with E-state index in [1.165, 1.54) is 5.69 Å². The molecule has 2 heterocycles. The summed E-state index contributed by atoms with van der Waals surface area (Å²) >= 11 is 5.18. The van der Waals surface area contributed by atoms with E-state index >= 15 is 0 Å². The van der Waals surface area contributed by atoms with E-state index in [0.29, 0.717) is 23.2 Å². The third-order valence-corrected chi connectivity index (χ3v) is 7.70. The SMILES string of the molecule is C=Nc1ccc(-c2nnc(-c3ccc(N(C)CC)cc3)o2)cc1.CCN(C)c1ccc(-c2nn[nH]n2)cc1.N#Cc1ccc(CC(=O)Cl)cc1. The van der Waals surface area contributed by atoms with Crippen LogP contribution < -0.4 is 9.80 Å². The lowest BCUT2D eigenvalue weighted by Crippen LogP contribution is -2.15. The summed E-state index contributed by atoms with van der Waals surface area (Å²) in [6, 6.07) is 32.4. The number of aliphatic imine (C=N–C) groups is 1. The van der Waals surface area contributed by atoms with Crippen molar-refractivity contribution >= 4 is 40.6 Å². The maximum atomic E-state index is 10.5. The number of rotatable bonds is 10. The zero-order valence-corrected chi connectivity index (χ0v) is 29.0. The Morgan fingerprint density at radius 2 is 1.30 bits per heavy atom. The van der Waals surface area contributed by atoms with Gasteiger partial charge in [0.2, 0.25) is 22.8 Å². The molecule has 50 heavy (non-hydrogen) atoms. The lowest BCUT2D eigenvalue weighted by molar-refractivity contribution is -0.111. The maximum Gasteiger partial charge on any atom is 0.248 e. The summed E-state index contributed by atoms with van der Waals surface area (Å²) in [5, 5.41) is 30.1. The van der Waals surface area contributed by atoms with Crippen molar-refractivity contribution in [2.45, 2.75) is 20.3 Å². The number of nitriles is 1. The van der Waals surface area contributed by atoms with Crippen molar-refractivity contribution < 1.29 is 9.21 Å². The number of nitrogens with zero attached hydrogens (tertiary/aromatic N) is 9. The summed E-state index contributed by atoms with van der Waals surface area (Å²) in [6.07, 6.45) is 0.216. The molecule has 0 aliphatic heterocycles. The molecule has 13 heteroatoms. The lowest BCUT2D eigenvalue weighted by Gasteiger charge is -2.16. The van der Waals surface area contributed by atoms with E-state index in [4.69, 9.17) is 21.3 Å². The van der Waals surface area contributed by atoms with Crippen LogP contribution in [0.25, 0.3) is 34.3 Å². The summed E-state index contributed by atoms with van der Waals surface area (Å²) in [5.41, 5.74) is 7.30. The van der Waals surface area contributed by atoms with E-state index in [1.807, 2.05) is 66.7 Å². The highest BCUT2D eigenvalue weighted by atomic mass is 35.5.